The number of rotatable bonds is 6. The largest absolute Gasteiger partial charge is 0.420 e. The Hall–Kier alpha value is -3.40. The summed E-state index contributed by atoms with van der Waals surface area (Å²) in [6, 6.07) is 9.29. The molecule has 1 amide bonds. The van der Waals surface area contributed by atoms with Crippen LogP contribution in [0.5, 0.6) is 0 Å². The smallest absolute Gasteiger partial charge is 0.268 e. The molecular weight excluding hydrogens is 354 g/mol. The second-order valence-corrected chi connectivity index (χ2v) is 7.07. The highest BCUT2D eigenvalue weighted by Crippen LogP contribution is 2.23. The number of nitrogens with zero attached hydrogens (tertiary/aromatic N) is 5. The second-order valence-electron chi connectivity index (χ2n) is 7.07. The SMILES string of the molecule is C#CCN(C)C(=O)c1cccc(-n2nc(-c3nnc(C)o3)cc2CC(C)C)c1. The Labute approximate surface area is 164 Å². The lowest BCUT2D eigenvalue weighted by Crippen LogP contribution is -2.27. The predicted molar refractivity (Wildman–Crippen MR) is 106 cm³/mol. The van der Waals surface area contributed by atoms with Gasteiger partial charge in [-0.1, -0.05) is 25.8 Å². The topological polar surface area (TPSA) is 77.1 Å². The highest BCUT2D eigenvalue weighted by Gasteiger charge is 2.18. The molecule has 2 heterocycles. The van der Waals surface area contributed by atoms with E-state index in [4.69, 9.17) is 10.8 Å². The molecule has 0 aliphatic heterocycles. The Morgan fingerprint density at radius 1 is 1.32 bits per heavy atom. The van der Waals surface area contributed by atoms with E-state index in [1.54, 1.807) is 20.0 Å². The standard InChI is InChI=1S/C21H23N5O2/c1-6-10-25(5)21(27)16-8-7-9-17(12-16)26-18(11-14(2)3)13-19(24-26)20-23-22-15(4)28-20/h1,7-9,12-14H,10-11H2,2-5H3. The van der Waals surface area contributed by atoms with E-state index in [-0.39, 0.29) is 12.5 Å². The number of amides is 1. The van der Waals surface area contributed by atoms with Gasteiger partial charge in [0.05, 0.1) is 12.2 Å². The number of carbonyl (C=O) groups is 1. The molecule has 0 bridgehead atoms. The van der Waals surface area contributed by atoms with Crippen molar-refractivity contribution in [3.8, 4) is 29.6 Å². The summed E-state index contributed by atoms with van der Waals surface area (Å²) in [5, 5.41) is 12.6. The molecule has 0 fully saturated rings. The molecule has 0 saturated heterocycles. The quantitative estimate of drug-likeness (QED) is 0.617. The number of aromatic nitrogens is 4. The number of aryl methyl sites for hydroxylation is 1. The van der Waals surface area contributed by atoms with Gasteiger partial charge < -0.3 is 9.32 Å². The molecule has 0 saturated carbocycles. The Balaban J connectivity index is 2.02. The molecule has 28 heavy (non-hydrogen) atoms. The van der Waals surface area contributed by atoms with Gasteiger partial charge in [0, 0.05) is 25.2 Å². The van der Waals surface area contributed by atoms with Crippen LogP contribution in [0.3, 0.4) is 0 Å². The van der Waals surface area contributed by atoms with E-state index >= 15 is 0 Å². The molecule has 0 spiro atoms. The molecule has 0 aliphatic carbocycles. The highest BCUT2D eigenvalue weighted by atomic mass is 16.4. The van der Waals surface area contributed by atoms with Crippen molar-refractivity contribution in [1.29, 1.82) is 0 Å². The van der Waals surface area contributed by atoms with E-state index in [2.05, 4.69) is 35.1 Å². The fraction of sp³-hybridized carbons (Fsp3) is 0.333. The van der Waals surface area contributed by atoms with Gasteiger partial charge in [-0.2, -0.15) is 5.10 Å². The number of hydrogen-bond donors (Lipinski definition) is 0. The van der Waals surface area contributed by atoms with Crippen molar-refractivity contribution in [1.82, 2.24) is 24.9 Å². The number of hydrogen-bond acceptors (Lipinski definition) is 5. The van der Waals surface area contributed by atoms with Crippen molar-refractivity contribution in [2.45, 2.75) is 27.2 Å². The Kier molecular flexibility index (Phi) is 5.59. The van der Waals surface area contributed by atoms with Crippen molar-refractivity contribution in [2.24, 2.45) is 5.92 Å². The van der Waals surface area contributed by atoms with Crippen LogP contribution in [0.1, 0.15) is 35.8 Å². The number of benzene rings is 1. The lowest BCUT2D eigenvalue weighted by atomic mass is 10.1. The van der Waals surface area contributed by atoms with E-state index in [1.807, 2.05) is 28.9 Å². The second kappa shape index (κ2) is 8.09. The monoisotopic (exact) mass is 377 g/mol. The summed E-state index contributed by atoms with van der Waals surface area (Å²) in [5.74, 6) is 3.64. The van der Waals surface area contributed by atoms with Crippen molar-refractivity contribution in [2.75, 3.05) is 13.6 Å². The van der Waals surface area contributed by atoms with Gasteiger partial charge in [-0.25, -0.2) is 4.68 Å². The van der Waals surface area contributed by atoms with Crippen LogP contribution in [-0.4, -0.2) is 44.4 Å². The number of carbonyl (C=O) groups excluding carboxylic acids is 1. The molecule has 1 aromatic carbocycles. The third-order valence-electron chi connectivity index (χ3n) is 4.16. The lowest BCUT2D eigenvalue weighted by Gasteiger charge is -2.15. The van der Waals surface area contributed by atoms with Gasteiger partial charge in [0.1, 0.15) is 5.69 Å². The molecule has 3 rings (SSSR count). The van der Waals surface area contributed by atoms with Gasteiger partial charge in [0.2, 0.25) is 5.89 Å². The average Bonchev–Trinajstić information content (AvgIpc) is 3.27. The minimum Gasteiger partial charge on any atom is -0.420 e. The Morgan fingerprint density at radius 3 is 2.75 bits per heavy atom. The normalized spacial score (nSPS) is 10.9. The minimum atomic E-state index is -0.134. The maximum Gasteiger partial charge on any atom is 0.268 e. The molecule has 0 unspecified atom stereocenters. The first-order valence-electron chi connectivity index (χ1n) is 9.07. The van der Waals surface area contributed by atoms with E-state index < -0.39 is 0 Å². The van der Waals surface area contributed by atoms with E-state index in [0.717, 1.165) is 17.8 Å². The van der Waals surface area contributed by atoms with Gasteiger partial charge in [0.15, 0.2) is 0 Å². The maximum atomic E-state index is 12.6. The van der Waals surface area contributed by atoms with Gasteiger partial charge in [-0.15, -0.1) is 16.6 Å². The molecule has 7 heteroatoms. The summed E-state index contributed by atoms with van der Waals surface area (Å²) >= 11 is 0. The Bertz CT molecular complexity index is 1030. The molecule has 144 valence electrons. The zero-order valence-corrected chi connectivity index (χ0v) is 16.5. The first kappa shape index (κ1) is 19.4. The van der Waals surface area contributed by atoms with Gasteiger partial charge in [-0.05, 0) is 36.6 Å². The fourth-order valence-corrected chi connectivity index (χ4v) is 2.91. The Morgan fingerprint density at radius 2 is 2.11 bits per heavy atom. The van der Waals surface area contributed by atoms with Crippen LogP contribution in [0.15, 0.2) is 34.7 Å². The van der Waals surface area contributed by atoms with Crippen molar-refractivity contribution in [3.05, 3.63) is 47.5 Å². The minimum absolute atomic E-state index is 0.134. The molecule has 3 aromatic rings. The molecule has 0 N–H and O–H groups in total. The average molecular weight is 377 g/mol. The van der Waals surface area contributed by atoms with Crippen LogP contribution < -0.4 is 0 Å². The molecule has 7 nitrogen and oxygen atoms in total. The first-order chi connectivity index (χ1) is 13.4. The molecule has 2 aromatic heterocycles. The first-order valence-corrected chi connectivity index (χ1v) is 9.07. The molecule has 0 radical (unpaired) electrons. The third-order valence-corrected chi connectivity index (χ3v) is 4.16. The van der Waals surface area contributed by atoms with Gasteiger partial charge >= 0.3 is 0 Å². The van der Waals surface area contributed by atoms with E-state index in [1.165, 1.54) is 4.90 Å². The van der Waals surface area contributed by atoms with Crippen LogP contribution in [0.4, 0.5) is 0 Å². The fourth-order valence-electron chi connectivity index (χ4n) is 2.91. The summed E-state index contributed by atoms with van der Waals surface area (Å²) in [6.07, 6.45) is 6.13. The van der Waals surface area contributed by atoms with Crippen LogP contribution in [0.25, 0.3) is 17.3 Å². The van der Waals surface area contributed by atoms with Gasteiger partial charge in [-0.3, -0.25) is 4.79 Å². The summed E-state index contributed by atoms with van der Waals surface area (Å²) in [7, 11) is 1.68. The molecule has 0 atom stereocenters. The number of terminal acetylenes is 1. The van der Waals surface area contributed by atoms with Crippen LogP contribution >= 0.6 is 0 Å². The van der Waals surface area contributed by atoms with Crippen molar-refractivity contribution >= 4 is 5.91 Å². The van der Waals surface area contributed by atoms with Crippen molar-refractivity contribution in [3.63, 3.8) is 0 Å². The van der Waals surface area contributed by atoms with Crippen molar-refractivity contribution < 1.29 is 9.21 Å². The zero-order chi connectivity index (χ0) is 20.3. The molecular formula is C21H23N5O2. The maximum absolute atomic E-state index is 12.6. The molecule has 0 aliphatic rings. The van der Waals surface area contributed by atoms with Crippen LogP contribution in [0, 0.1) is 25.2 Å². The van der Waals surface area contributed by atoms with Gasteiger partial charge in [0.25, 0.3) is 11.8 Å². The lowest BCUT2D eigenvalue weighted by molar-refractivity contribution is 0.0812. The zero-order valence-electron chi connectivity index (χ0n) is 16.5. The van der Waals surface area contributed by atoms with E-state index in [9.17, 15) is 4.79 Å². The van der Waals surface area contributed by atoms with E-state index in [0.29, 0.717) is 29.0 Å². The summed E-state index contributed by atoms with van der Waals surface area (Å²) in [5.41, 5.74) is 2.95. The summed E-state index contributed by atoms with van der Waals surface area (Å²) in [4.78, 5) is 14.1. The highest BCUT2D eigenvalue weighted by molar-refractivity contribution is 5.94. The third kappa shape index (κ3) is 4.12. The van der Waals surface area contributed by atoms with Crippen LogP contribution in [-0.2, 0) is 6.42 Å². The predicted octanol–water partition coefficient (Wildman–Crippen LogP) is 3.13. The summed E-state index contributed by atoms with van der Waals surface area (Å²) in [6.45, 7) is 6.28. The summed E-state index contributed by atoms with van der Waals surface area (Å²) < 4.78 is 7.35. The van der Waals surface area contributed by atoms with Crippen LogP contribution in [0.2, 0.25) is 0 Å².